The van der Waals surface area contributed by atoms with Crippen molar-refractivity contribution in [2.45, 2.75) is 32.2 Å². The fraction of sp³-hybridized carbons (Fsp3) is 0.346. The van der Waals surface area contributed by atoms with E-state index in [-0.39, 0.29) is 11.8 Å². The van der Waals surface area contributed by atoms with Gasteiger partial charge in [0.15, 0.2) is 0 Å². The summed E-state index contributed by atoms with van der Waals surface area (Å²) in [7, 11) is 1.63. The summed E-state index contributed by atoms with van der Waals surface area (Å²) < 4.78 is 5.22. The first-order chi connectivity index (χ1) is 15.6. The van der Waals surface area contributed by atoms with Gasteiger partial charge in [-0.15, -0.1) is 0 Å². The van der Waals surface area contributed by atoms with Crippen molar-refractivity contribution in [1.82, 2.24) is 15.2 Å². The Morgan fingerprint density at radius 2 is 2.06 bits per heavy atom. The molecule has 32 heavy (non-hydrogen) atoms. The second kappa shape index (κ2) is 10.3. The lowest BCUT2D eigenvalue weighted by molar-refractivity contribution is -0.121. The van der Waals surface area contributed by atoms with Crippen molar-refractivity contribution in [2.24, 2.45) is 5.92 Å². The van der Waals surface area contributed by atoms with Gasteiger partial charge in [0.25, 0.3) is 5.91 Å². The molecule has 1 unspecified atom stereocenters. The Morgan fingerprint density at radius 1 is 1.16 bits per heavy atom. The number of piperidine rings is 1. The van der Waals surface area contributed by atoms with Crippen LogP contribution in [0.15, 0.2) is 60.8 Å². The van der Waals surface area contributed by atoms with Gasteiger partial charge in [-0.3, -0.25) is 14.6 Å². The summed E-state index contributed by atoms with van der Waals surface area (Å²) in [4.78, 5) is 31.7. The Kier molecular flexibility index (Phi) is 7.00. The number of carbonyl (C=O) groups is 2. The van der Waals surface area contributed by atoms with Crippen molar-refractivity contribution in [2.75, 3.05) is 20.2 Å². The molecule has 166 valence electrons. The zero-order chi connectivity index (χ0) is 22.3. The van der Waals surface area contributed by atoms with Crippen molar-refractivity contribution >= 4 is 22.7 Å². The Morgan fingerprint density at radius 3 is 2.94 bits per heavy atom. The summed E-state index contributed by atoms with van der Waals surface area (Å²) in [5, 5.41) is 3.96. The van der Waals surface area contributed by atoms with E-state index in [0.717, 1.165) is 48.0 Å². The number of likely N-dealkylation sites (tertiary alicyclic amines) is 1. The van der Waals surface area contributed by atoms with E-state index < -0.39 is 0 Å². The molecule has 0 spiro atoms. The van der Waals surface area contributed by atoms with Gasteiger partial charge < -0.3 is 15.0 Å². The molecule has 0 saturated carbocycles. The molecule has 1 aliphatic heterocycles. The number of benzene rings is 2. The number of methoxy groups -OCH3 is 1. The summed E-state index contributed by atoms with van der Waals surface area (Å²) in [6.07, 6.45) is 5.03. The molecule has 0 radical (unpaired) electrons. The number of amides is 2. The monoisotopic (exact) mass is 431 g/mol. The van der Waals surface area contributed by atoms with Crippen LogP contribution in [0.5, 0.6) is 5.75 Å². The van der Waals surface area contributed by atoms with E-state index in [2.05, 4.69) is 10.3 Å². The van der Waals surface area contributed by atoms with Crippen LogP contribution in [0.25, 0.3) is 10.9 Å². The van der Waals surface area contributed by atoms with E-state index >= 15 is 0 Å². The number of carbonyl (C=O) groups excluding carboxylic acids is 2. The molecule has 2 amide bonds. The quantitative estimate of drug-likeness (QED) is 0.609. The zero-order valence-corrected chi connectivity index (χ0v) is 18.4. The Balaban J connectivity index is 1.27. The minimum Gasteiger partial charge on any atom is -0.497 e. The summed E-state index contributed by atoms with van der Waals surface area (Å²) >= 11 is 0. The SMILES string of the molecule is COc1cccc(CNC(=O)CCC2CCCN(C(=O)c3ccc4ncccc4c3)C2)c1. The standard InChI is InChI=1S/C26H29N3O3/c1-32-23-8-2-5-20(15-23)17-28-25(30)12-9-19-6-4-14-29(18-19)26(31)22-10-11-24-21(16-22)7-3-13-27-24/h2-3,5,7-8,10-11,13,15-16,19H,4,6,9,12,14,17-18H2,1H3,(H,28,30). The van der Waals surface area contributed by atoms with Gasteiger partial charge in [0, 0.05) is 43.2 Å². The number of aromatic nitrogens is 1. The molecule has 1 fully saturated rings. The zero-order valence-electron chi connectivity index (χ0n) is 18.4. The van der Waals surface area contributed by atoms with Gasteiger partial charge in [-0.2, -0.15) is 0 Å². The lowest BCUT2D eigenvalue weighted by Gasteiger charge is -2.33. The largest absolute Gasteiger partial charge is 0.497 e. The van der Waals surface area contributed by atoms with Crippen molar-refractivity contribution in [3.63, 3.8) is 0 Å². The molecule has 6 nitrogen and oxygen atoms in total. The van der Waals surface area contributed by atoms with E-state index in [1.807, 2.05) is 59.5 Å². The molecule has 3 aromatic rings. The maximum atomic E-state index is 13.1. The molecule has 1 N–H and O–H groups in total. The first kappa shape index (κ1) is 21.8. The Hall–Kier alpha value is -3.41. The van der Waals surface area contributed by atoms with E-state index in [9.17, 15) is 9.59 Å². The molecule has 2 aromatic carbocycles. The van der Waals surface area contributed by atoms with E-state index in [1.165, 1.54) is 0 Å². The maximum Gasteiger partial charge on any atom is 0.253 e. The topological polar surface area (TPSA) is 71.5 Å². The third kappa shape index (κ3) is 5.44. The van der Waals surface area contributed by atoms with E-state index in [0.29, 0.717) is 31.0 Å². The predicted octanol–water partition coefficient (Wildman–Crippen LogP) is 4.19. The molecule has 1 atom stereocenters. The second-order valence-corrected chi connectivity index (χ2v) is 8.34. The van der Waals surface area contributed by atoms with Gasteiger partial charge in [-0.25, -0.2) is 0 Å². The highest BCUT2D eigenvalue weighted by molar-refractivity contribution is 5.98. The number of pyridine rings is 1. The fourth-order valence-electron chi connectivity index (χ4n) is 4.28. The molecule has 4 rings (SSSR count). The van der Waals surface area contributed by atoms with Crippen LogP contribution < -0.4 is 10.1 Å². The van der Waals surface area contributed by atoms with Crippen LogP contribution in [0, 0.1) is 5.92 Å². The Labute approximate surface area is 188 Å². The normalized spacial score (nSPS) is 16.0. The summed E-state index contributed by atoms with van der Waals surface area (Å²) in [5.41, 5.74) is 2.60. The van der Waals surface area contributed by atoms with Crippen molar-refractivity contribution in [1.29, 1.82) is 0 Å². The van der Waals surface area contributed by atoms with Crippen molar-refractivity contribution < 1.29 is 14.3 Å². The second-order valence-electron chi connectivity index (χ2n) is 8.34. The van der Waals surface area contributed by atoms with Crippen LogP contribution in [0.3, 0.4) is 0 Å². The lowest BCUT2D eigenvalue weighted by atomic mass is 9.92. The van der Waals surface area contributed by atoms with Gasteiger partial charge in [0.1, 0.15) is 5.75 Å². The fourth-order valence-corrected chi connectivity index (χ4v) is 4.28. The minimum absolute atomic E-state index is 0.0401. The average molecular weight is 432 g/mol. The summed E-state index contributed by atoms with van der Waals surface area (Å²) in [6, 6.07) is 17.2. The number of hydrogen-bond acceptors (Lipinski definition) is 4. The molecule has 1 aliphatic rings. The third-order valence-electron chi connectivity index (χ3n) is 6.06. The van der Waals surface area contributed by atoms with Crippen LogP contribution >= 0.6 is 0 Å². The number of hydrogen-bond donors (Lipinski definition) is 1. The Bertz CT molecular complexity index is 1100. The number of ether oxygens (including phenoxy) is 1. The number of nitrogens with zero attached hydrogens (tertiary/aromatic N) is 2. The molecular weight excluding hydrogens is 402 g/mol. The van der Waals surface area contributed by atoms with E-state index in [4.69, 9.17) is 4.74 Å². The first-order valence-electron chi connectivity index (χ1n) is 11.2. The molecular formula is C26H29N3O3. The summed E-state index contributed by atoms with van der Waals surface area (Å²) in [6.45, 7) is 1.96. The number of nitrogens with one attached hydrogen (secondary N) is 1. The van der Waals surface area contributed by atoms with Crippen LogP contribution in [0.2, 0.25) is 0 Å². The first-order valence-corrected chi connectivity index (χ1v) is 11.2. The highest BCUT2D eigenvalue weighted by Gasteiger charge is 2.25. The minimum atomic E-state index is 0.0401. The van der Waals surface area contributed by atoms with E-state index in [1.54, 1.807) is 13.3 Å². The highest BCUT2D eigenvalue weighted by atomic mass is 16.5. The molecule has 6 heteroatoms. The molecule has 0 bridgehead atoms. The lowest BCUT2D eigenvalue weighted by Crippen LogP contribution is -2.40. The predicted molar refractivity (Wildman–Crippen MR) is 124 cm³/mol. The van der Waals surface area contributed by atoms with Crippen LogP contribution in [-0.2, 0) is 11.3 Å². The molecule has 1 saturated heterocycles. The van der Waals surface area contributed by atoms with Gasteiger partial charge in [0.2, 0.25) is 5.91 Å². The smallest absolute Gasteiger partial charge is 0.253 e. The number of rotatable bonds is 7. The third-order valence-corrected chi connectivity index (χ3v) is 6.06. The van der Waals surface area contributed by atoms with Gasteiger partial charge in [-0.1, -0.05) is 18.2 Å². The van der Waals surface area contributed by atoms with Gasteiger partial charge in [-0.05, 0) is 67.1 Å². The van der Waals surface area contributed by atoms with Crippen molar-refractivity contribution in [3.8, 4) is 5.75 Å². The van der Waals surface area contributed by atoms with Crippen LogP contribution in [-0.4, -0.2) is 41.9 Å². The summed E-state index contributed by atoms with van der Waals surface area (Å²) in [5.74, 6) is 1.23. The van der Waals surface area contributed by atoms with Crippen LogP contribution in [0.4, 0.5) is 0 Å². The highest BCUT2D eigenvalue weighted by Crippen LogP contribution is 2.23. The molecule has 1 aromatic heterocycles. The molecule has 2 heterocycles. The molecule has 0 aliphatic carbocycles. The van der Waals surface area contributed by atoms with Crippen molar-refractivity contribution in [3.05, 3.63) is 71.9 Å². The average Bonchev–Trinajstić information content (AvgIpc) is 2.85. The van der Waals surface area contributed by atoms with Gasteiger partial charge in [0.05, 0.1) is 12.6 Å². The number of fused-ring (bicyclic) bond motifs is 1. The van der Waals surface area contributed by atoms with Gasteiger partial charge >= 0.3 is 0 Å². The maximum absolute atomic E-state index is 13.1. The van der Waals surface area contributed by atoms with Crippen LogP contribution in [0.1, 0.15) is 41.6 Å².